The Hall–Kier alpha value is -2.73. The monoisotopic (exact) mass is 440 g/mol. The van der Waals surface area contributed by atoms with Gasteiger partial charge in [0.1, 0.15) is 5.75 Å². The number of carbonyl (C=O) groups is 1. The van der Waals surface area contributed by atoms with Gasteiger partial charge in [0.2, 0.25) is 5.91 Å². The number of carbonyl (C=O) groups excluding carboxylic acids is 1. The average Bonchev–Trinajstić information content (AvgIpc) is 2.81. The van der Waals surface area contributed by atoms with Crippen molar-refractivity contribution in [2.75, 3.05) is 33.4 Å². The van der Waals surface area contributed by atoms with Crippen LogP contribution < -0.4 is 14.8 Å². The zero-order valence-electron chi connectivity index (χ0n) is 19.1. The molecule has 6 nitrogen and oxygen atoms in total. The molecule has 0 aliphatic carbocycles. The first-order valence-corrected chi connectivity index (χ1v) is 11.7. The molecule has 32 heavy (non-hydrogen) atoms. The standard InChI is InChI=1S/C26H36N2O4/c1-31-25-19-21(12-13-24(25)29)8-6-11-26(30)27-14-7-17-32-23-10-5-9-22(18-23)20-28-15-3-2-4-16-28/h5,9-10,12-13,18-19,29H,2-4,6-8,11,14-17,20H2,1H3,(H,27,30). The van der Waals surface area contributed by atoms with Gasteiger partial charge in [-0.25, -0.2) is 0 Å². The first-order valence-electron chi connectivity index (χ1n) is 11.7. The van der Waals surface area contributed by atoms with Gasteiger partial charge in [0.05, 0.1) is 13.7 Å². The maximum absolute atomic E-state index is 12.1. The molecule has 1 aliphatic rings. The lowest BCUT2D eigenvalue weighted by Crippen LogP contribution is -2.29. The van der Waals surface area contributed by atoms with Crippen molar-refractivity contribution in [3.8, 4) is 17.2 Å². The number of phenols is 1. The number of likely N-dealkylation sites (tertiary alicyclic amines) is 1. The molecular formula is C26H36N2O4. The highest BCUT2D eigenvalue weighted by molar-refractivity contribution is 5.75. The van der Waals surface area contributed by atoms with Crippen molar-refractivity contribution in [1.82, 2.24) is 10.2 Å². The van der Waals surface area contributed by atoms with Crippen LogP contribution in [0.15, 0.2) is 42.5 Å². The number of hydrogen-bond acceptors (Lipinski definition) is 5. The molecule has 0 saturated carbocycles. The average molecular weight is 441 g/mol. The van der Waals surface area contributed by atoms with Gasteiger partial charge < -0.3 is 19.9 Å². The van der Waals surface area contributed by atoms with E-state index < -0.39 is 0 Å². The fourth-order valence-corrected chi connectivity index (χ4v) is 4.02. The molecule has 1 amide bonds. The zero-order valence-corrected chi connectivity index (χ0v) is 19.1. The van der Waals surface area contributed by atoms with E-state index in [0.29, 0.717) is 25.3 Å². The van der Waals surface area contributed by atoms with Gasteiger partial charge in [-0.1, -0.05) is 24.6 Å². The summed E-state index contributed by atoms with van der Waals surface area (Å²) >= 11 is 0. The minimum Gasteiger partial charge on any atom is -0.504 e. The van der Waals surface area contributed by atoms with Gasteiger partial charge in [-0.3, -0.25) is 9.69 Å². The number of aromatic hydroxyl groups is 1. The van der Waals surface area contributed by atoms with Crippen LogP contribution >= 0.6 is 0 Å². The molecule has 0 aromatic heterocycles. The van der Waals surface area contributed by atoms with Crippen LogP contribution in [0.5, 0.6) is 17.2 Å². The Labute approximate surface area is 191 Å². The molecule has 6 heteroatoms. The van der Waals surface area contributed by atoms with E-state index in [9.17, 15) is 9.90 Å². The van der Waals surface area contributed by atoms with Crippen molar-refractivity contribution < 1.29 is 19.4 Å². The summed E-state index contributed by atoms with van der Waals surface area (Å²) in [6.45, 7) is 4.56. The Kier molecular flexibility index (Phi) is 9.69. The summed E-state index contributed by atoms with van der Waals surface area (Å²) in [5, 5.41) is 12.6. The third-order valence-electron chi connectivity index (χ3n) is 5.78. The number of aryl methyl sites for hydroxylation is 1. The number of nitrogens with zero attached hydrogens (tertiary/aromatic N) is 1. The topological polar surface area (TPSA) is 71.0 Å². The minimum atomic E-state index is 0.0549. The van der Waals surface area contributed by atoms with Gasteiger partial charge >= 0.3 is 0 Å². The van der Waals surface area contributed by atoms with Gasteiger partial charge in [0.25, 0.3) is 0 Å². The van der Waals surface area contributed by atoms with E-state index in [-0.39, 0.29) is 11.7 Å². The van der Waals surface area contributed by atoms with Crippen LogP contribution in [-0.4, -0.2) is 49.3 Å². The molecular weight excluding hydrogens is 404 g/mol. The van der Waals surface area contributed by atoms with Crippen molar-refractivity contribution in [3.63, 3.8) is 0 Å². The van der Waals surface area contributed by atoms with Crippen molar-refractivity contribution in [1.29, 1.82) is 0 Å². The van der Waals surface area contributed by atoms with Gasteiger partial charge in [0, 0.05) is 19.5 Å². The normalized spacial score (nSPS) is 14.2. The third-order valence-corrected chi connectivity index (χ3v) is 5.78. The smallest absolute Gasteiger partial charge is 0.220 e. The minimum absolute atomic E-state index is 0.0549. The van der Waals surface area contributed by atoms with Crippen LogP contribution in [0.2, 0.25) is 0 Å². The van der Waals surface area contributed by atoms with E-state index in [2.05, 4.69) is 28.4 Å². The number of amides is 1. The molecule has 0 atom stereocenters. The van der Waals surface area contributed by atoms with Gasteiger partial charge in [-0.05, 0) is 80.6 Å². The lowest BCUT2D eigenvalue weighted by Gasteiger charge is -2.26. The summed E-state index contributed by atoms with van der Waals surface area (Å²) in [6.07, 6.45) is 6.71. The second-order valence-electron chi connectivity index (χ2n) is 8.40. The Bertz CT molecular complexity index is 849. The molecule has 2 aromatic carbocycles. The highest BCUT2D eigenvalue weighted by atomic mass is 16.5. The maximum atomic E-state index is 12.1. The largest absolute Gasteiger partial charge is 0.504 e. The molecule has 0 bridgehead atoms. The van der Waals surface area contributed by atoms with Crippen LogP contribution in [0.1, 0.15) is 49.7 Å². The molecule has 3 rings (SSSR count). The lowest BCUT2D eigenvalue weighted by atomic mass is 10.1. The number of hydrogen-bond donors (Lipinski definition) is 2. The van der Waals surface area contributed by atoms with Crippen LogP contribution in [0, 0.1) is 0 Å². The Morgan fingerprint density at radius 3 is 2.72 bits per heavy atom. The van der Waals surface area contributed by atoms with Crippen molar-refractivity contribution in [2.45, 2.75) is 51.5 Å². The number of benzene rings is 2. The van der Waals surface area contributed by atoms with Crippen molar-refractivity contribution >= 4 is 5.91 Å². The summed E-state index contributed by atoms with van der Waals surface area (Å²) in [7, 11) is 1.53. The Balaban J connectivity index is 1.27. The summed E-state index contributed by atoms with van der Waals surface area (Å²) in [6, 6.07) is 13.6. The Morgan fingerprint density at radius 1 is 1.06 bits per heavy atom. The number of ether oxygens (including phenoxy) is 2. The lowest BCUT2D eigenvalue weighted by molar-refractivity contribution is -0.121. The van der Waals surface area contributed by atoms with Crippen LogP contribution in [0.3, 0.4) is 0 Å². The number of rotatable bonds is 12. The third kappa shape index (κ3) is 8.08. The molecule has 0 unspecified atom stereocenters. The molecule has 1 saturated heterocycles. The Morgan fingerprint density at radius 2 is 1.91 bits per heavy atom. The number of piperidine rings is 1. The van der Waals surface area contributed by atoms with Crippen molar-refractivity contribution in [2.24, 2.45) is 0 Å². The van der Waals surface area contributed by atoms with E-state index >= 15 is 0 Å². The predicted molar refractivity (Wildman–Crippen MR) is 126 cm³/mol. The highest BCUT2D eigenvalue weighted by Crippen LogP contribution is 2.26. The summed E-state index contributed by atoms with van der Waals surface area (Å²) in [5.74, 6) is 1.54. The highest BCUT2D eigenvalue weighted by Gasteiger charge is 2.10. The summed E-state index contributed by atoms with van der Waals surface area (Å²) in [5.41, 5.74) is 2.34. The molecule has 0 radical (unpaired) electrons. The first kappa shape index (κ1) is 23.9. The fraction of sp³-hybridized carbons (Fsp3) is 0.500. The van der Waals surface area contributed by atoms with Gasteiger partial charge in [0.15, 0.2) is 11.5 Å². The number of nitrogens with one attached hydrogen (secondary N) is 1. The second kappa shape index (κ2) is 13.0. The van der Waals surface area contributed by atoms with E-state index in [4.69, 9.17) is 9.47 Å². The first-order chi connectivity index (χ1) is 15.6. The van der Waals surface area contributed by atoms with Gasteiger partial charge in [-0.2, -0.15) is 0 Å². The summed E-state index contributed by atoms with van der Waals surface area (Å²) < 4.78 is 11.0. The van der Waals surface area contributed by atoms with Crippen LogP contribution in [0.4, 0.5) is 0 Å². The van der Waals surface area contributed by atoms with E-state index in [1.807, 2.05) is 18.2 Å². The van der Waals surface area contributed by atoms with E-state index in [1.54, 1.807) is 6.07 Å². The number of methoxy groups -OCH3 is 1. The summed E-state index contributed by atoms with van der Waals surface area (Å²) in [4.78, 5) is 14.6. The zero-order chi connectivity index (χ0) is 22.6. The molecule has 0 spiro atoms. The quantitative estimate of drug-likeness (QED) is 0.482. The molecule has 1 aliphatic heterocycles. The van der Waals surface area contributed by atoms with E-state index in [1.165, 1.54) is 45.0 Å². The molecule has 2 N–H and O–H groups in total. The SMILES string of the molecule is COc1cc(CCCC(=O)NCCCOc2cccc(CN3CCCCC3)c2)ccc1O. The van der Waals surface area contributed by atoms with Crippen LogP contribution in [0.25, 0.3) is 0 Å². The molecule has 2 aromatic rings. The molecule has 1 fully saturated rings. The second-order valence-corrected chi connectivity index (χ2v) is 8.40. The number of phenolic OH excluding ortho intramolecular Hbond substituents is 1. The fourth-order valence-electron chi connectivity index (χ4n) is 4.02. The molecule has 1 heterocycles. The predicted octanol–water partition coefficient (Wildman–Crippen LogP) is 4.29. The maximum Gasteiger partial charge on any atom is 0.220 e. The van der Waals surface area contributed by atoms with Gasteiger partial charge in [-0.15, -0.1) is 0 Å². The van der Waals surface area contributed by atoms with Crippen LogP contribution in [-0.2, 0) is 17.8 Å². The molecule has 174 valence electrons. The van der Waals surface area contributed by atoms with Crippen molar-refractivity contribution in [3.05, 3.63) is 53.6 Å². The van der Waals surface area contributed by atoms with E-state index in [0.717, 1.165) is 37.1 Å².